The van der Waals surface area contributed by atoms with Crippen LogP contribution in [0.15, 0.2) is 36.4 Å². The summed E-state index contributed by atoms with van der Waals surface area (Å²) in [5.74, 6) is -0.932. The van der Waals surface area contributed by atoms with Gasteiger partial charge in [0, 0.05) is 5.69 Å². The number of hydrogen-bond acceptors (Lipinski definition) is 4. The molecule has 0 aliphatic carbocycles. The van der Waals surface area contributed by atoms with Gasteiger partial charge >= 0.3 is 5.97 Å². The van der Waals surface area contributed by atoms with Gasteiger partial charge in [0.2, 0.25) is 0 Å². The van der Waals surface area contributed by atoms with Crippen LogP contribution in [-0.4, -0.2) is 18.5 Å². The lowest BCUT2D eigenvalue weighted by atomic mass is 10.1. The first-order valence-electron chi connectivity index (χ1n) is 6.39. The number of rotatable bonds is 5. The van der Waals surface area contributed by atoms with Crippen LogP contribution in [-0.2, 0) is 16.0 Å². The number of carbonyl (C=O) groups is 2. The Bertz CT molecular complexity index is 637. The second-order valence-corrected chi connectivity index (χ2v) is 5.99. The summed E-state index contributed by atoms with van der Waals surface area (Å²) in [5.41, 5.74) is 1.86. The number of benzene rings is 1. The summed E-state index contributed by atoms with van der Waals surface area (Å²) in [6, 6.07) is 10.7. The van der Waals surface area contributed by atoms with Crippen molar-refractivity contribution in [2.45, 2.75) is 13.3 Å². The summed E-state index contributed by atoms with van der Waals surface area (Å²) in [6.45, 7) is 1.73. The summed E-state index contributed by atoms with van der Waals surface area (Å²) < 4.78 is 5.42. The van der Waals surface area contributed by atoms with Gasteiger partial charge in [-0.3, -0.25) is 4.79 Å². The first kappa shape index (κ1) is 15.5. The van der Waals surface area contributed by atoms with Crippen molar-refractivity contribution in [3.63, 3.8) is 0 Å². The number of thiophene rings is 1. The van der Waals surface area contributed by atoms with Crippen molar-refractivity contribution in [2.24, 2.45) is 0 Å². The van der Waals surface area contributed by atoms with Gasteiger partial charge in [0.25, 0.3) is 5.91 Å². The van der Waals surface area contributed by atoms with E-state index < -0.39 is 5.97 Å². The maximum atomic E-state index is 11.7. The van der Waals surface area contributed by atoms with E-state index in [-0.39, 0.29) is 12.5 Å². The molecule has 0 fully saturated rings. The second-order valence-electron chi connectivity index (χ2n) is 4.28. The minimum absolute atomic E-state index is 0.329. The first-order chi connectivity index (χ1) is 10.1. The summed E-state index contributed by atoms with van der Waals surface area (Å²) >= 11 is 6.85. The molecule has 1 amide bonds. The third kappa shape index (κ3) is 4.58. The average Bonchev–Trinajstić information content (AvgIpc) is 2.92. The van der Waals surface area contributed by atoms with E-state index in [1.165, 1.54) is 5.56 Å². The lowest BCUT2D eigenvalue weighted by Crippen LogP contribution is -2.20. The average molecular weight is 324 g/mol. The third-order valence-corrected chi connectivity index (χ3v) is 3.97. The molecule has 0 aliphatic rings. The van der Waals surface area contributed by atoms with E-state index in [9.17, 15) is 9.59 Å². The zero-order valence-corrected chi connectivity index (χ0v) is 13.0. The van der Waals surface area contributed by atoms with E-state index in [1.54, 1.807) is 12.1 Å². The monoisotopic (exact) mass is 323 g/mol. The van der Waals surface area contributed by atoms with Gasteiger partial charge in [-0.05, 0) is 36.2 Å². The van der Waals surface area contributed by atoms with Crippen LogP contribution >= 0.6 is 22.9 Å². The lowest BCUT2D eigenvalue weighted by molar-refractivity contribution is -0.119. The van der Waals surface area contributed by atoms with Gasteiger partial charge in [-0.25, -0.2) is 4.79 Å². The Morgan fingerprint density at radius 3 is 2.48 bits per heavy atom. The van der Waals surface area contributed by atoms with Gasteiger partial charge in [-0.2, -0.15) is 0 Å². The highest BCUT2D eigenvalue weighted by Crippen LogP contribution is 2.21. The fourth-order valence-corrected chi connectivity index (χ4v) is 2.58. The highest BCUT2D eigenvalue weighted by atomic mass is 35.5. The number of hydrogen-bond donors (Lipinski definition) is 1. The number of nitrogens with one attached hydrogen (secondary N) is 1. The van der Waals surface area contributed by atoms with E-state index in [1.807, 2.05) is 24.3 Å². The minimum atomic E-state index is -0.552. The molecule has 2 aromatic rings. The topological polar surface area (TPSA) is 55.4 Å². The summed E-state index contributed by atoms with van der Waals surface area (Å²) in [6.07, 6.45) is 0.940. The van der Waals surface area contributed by atoms with E-state index in [2.05, 4.69) is 12.2 Å². The molecule has 0 bridgehead atoms. The molecule has 4 nitrogen and oxygen atoms in total. The normalized spacial score (nSPS) is 10.2. The van der Waals surface area contributed by atoms with Crippen LogP contribution in [0.5, 0.6) is 0 Å². The molecule has 110 valence electrons. The summed E-state index contributed by atoms with van der Waals surface area (Å²) in [5, 5.41) is 2.67. The van der Waals surface area contributed by atoms with Crippen LogP contribution in [0, 0.1) is 0 Å². The van der Waals surface area contributed by atoms with Crippen LogP contribution in [0.3, 0.4) is 0 Å². The van der Waals surface area contributed by atoms with Crippen molar-refractivity contribution in [1.82, 2.24) is 0 Å². The van der Waals surface area contributed by atoms with Crippen molar-refractivity contribution in [1.29, 1.82) is 0 Å². The zero-order chi connectivity index (χ0) is 15.2. The highest BCUT2D eigenvalue weighted by Gasteiger charge is 2.12. The van der Waals surface area contributed by atoms with Crippen LogP contribution < -0.4 is 5.32 Å². The van der Waals surface area contributed by atoms with Gasteiger partial charge in [0.1, 0.15) is 4.88 Å². The van der Waals surface area contributed by atoms with E-state index in [0.717, 1.165) is 17.8 Å². The Labute approximate surface area is 131 Å². The minimum Gasteiger partial charge on any atom is -0.451 e. The molecule has 6 heteroatoms. The number of ether oxygens (including phenoxy) is 1. The Hall–Kier alpha value is -1.85. The summed E-state index contributed by atoms with van der Waals surface area (Å²) in [4.78, 5) is 23.7. The molecule has 0 spiro atoms. The Balaban J connectivity index is 1.82. The van der Waals surface area contributed by atoms with Crippen molar-refractivity contribution in [3.05, 3.63) is 51.2 Å². The molecule has 1 N–H and O–H groups in total. The van der Waals surface area contributed by atoms with Crippen LogP contribution in [0.4, 0.5) is 5.69 Å². The number of aryl methyl sites for hydroxylation is 1. The fourth-order valence-electron chi connectivity index (χ4n) is 1.65. The largest absolute Gasteiger partial charge is 0.451 e. The van der Waals surface area contributed by atoms with E-state index in [4.69, 9.17) is 16.3 Å². The molecule has 0 atom stereocenters. The van der Waals surface area contributed by atoms with Crippen molar-refractivity contribution in [3.8, 4) is 0 Å². The molecular weight excluding hydrogens is 310 g/mol. The predicted molar refractivity (Wildman–Crippen MR) is 84.1 cm³/mol. The lowest BCUT2D eigenvalue weighted by Gasteiger charge is -2.06. The molecule has 0 radical (unpaired) electrons. The van der Waals surface area contributed by atoms with Gasteiger partial charge < -0.3 is 10.1 Å². The zero-order valence-electron chi connectivity index (χ0n) is 11.4. The second kappa shape index (κ2) is 7.24. The maximum Gasteiger partial charge on any atom is 0.348 e. The number of amides is 1. The van der Waals surface area contributed by atoms with Gasteiger partial charge in [0.05, 0.1) is 4.34 Å². The number of esters is 1. The third-order valence-electron chi connectivity index (χ3n) is 2.75. The van der Waals surface area contributed by atoms with Crippen LogP contribution in [0.1, 0.15) is 22.2 Å². The Morgan fingerprint density at radius 1 is 1.19 bits per heavy atom. The highest BCUT2D eigenvalue weighted by molar-refractivity contribution is 7.17. The molecule has 1 heterocycles. The quantitative estimate of drug-likeness (QED) is 0.852. The number of carbonyl (C=O) groups excluding carboxylic acids is 2. The van der Waals surface area contributed by atoms with Crippen molar-refractivity contribution < 1.29 is 14.3 Å². The molecule has 2 rings (SSSR count). The number of halogens is 1. The SMILES string of the molecule is CCc1ccc(NC(=O)COC(=O)c2ccc(Cl)s2)cc1. The van der Waals surface area contributed by atoms with E-state index >= 15 is 0 Å². The van der Waals surface area contributed by atoms with Crippen LogP contribution in [0.2, 0.25) is 4.34 Å². The van der Waals surface area contributed by atoms with Gasteiger partial charge in [-0.15, -0.1) is 11.3 Å². The predicted octanol–water partition coefficient (Wildman–Crippen LogP) is 3.76. The Kier molecular flexibility index (Phi) is 5.36. The van der Waals surface area contributed by atoms with Crippen LogP contribution in [0.25, 0.3) is 0 Å². The molecular formula is C15H14ClNO3S. The molecule has 1 aromatic heterocycles. The van der Waals surface area contributed by atoms with Crippen molar-refractivity contribution in [2.75, 3.05) is 11.9 Å². The molecule has 0 aliphatic heterocycles. The fraction of sp³-hybridized carbons (Fsp3) is 0.200. The number of anilines is 1. The summed E-state index contributed by atoms with van der Waals surface area (Å²) in [7, 11) is 0. The molecule has 21 heavy (non-hydrogen) atoms. The van der Waals surface area contributed by atoms with Crippen molar-refractivity contribution >= 4 is 40.5 Å². The molecule has 1 aromatic carbocycles. The molecule has 0 saturated carbocycles. The maximum absolute atomic E-state index is 11.7. The van der Waals surface area contributed by atoms with Gasteiger partial charge in [0.15, 0.2) is 6.61 Å². The standard InChI is InChI=1S/C15H14ClNO3S/c1-2-10-3-5-11(6-4-10)17-14(18)9-20-15(19)12-7-8-13(16)21-12/h3-8H,2,9H2,1H3,(H,17,18). The first-order valence-corrected chi connectivity index (χ1v) is 7.59. The molecule has 0 saturated heterocycles. The van der Waals surface area contributed by atoms with E-state index in [0.29, 0.717) is 14.9 Å². The Morgan fingerprint density at radius 2 is 1.90 bits per heavy atom. The smallest absolute Gasteiger partial charge is 0.348 e. The van der Waals surface area contributed by atoms with Gasteiger partial charge in [-0.1, -0.05) is 30.7 Å². The molecule has 0 unspecified atom stereocenters.